The Bertz CT molecular complexity index is 448. The Kier molecular flexibility index (Phi) is 3.80. The summed E-state index contributed by atoms with van der Waals surface area (Å²) in [5.74, 6) is 1.22. The van der Waals surface area contributed by atoms with Gasteiger partial charge < -0.3 is 15.4 Å². The van der Waals surface area contributed by atoms with Gasteiger partial charge in [-0.05, 0) is 37.1 Å². The van der Waals surface area contributed by atoms with Gasteiger partial charge in [0.25, 0.3) is 5.91 Å². The molecule has 104 valence electrons. The topological polar surface area (TPSA) is 55.6 Å². The van der Waals surface area contributed by atoms with Crippen molar-refractivity contribution in [2.45, 2.75) is 26.3 Å². The predicted octanol–water partition coefficient (Wildman–Crippen LogP) is 1.89. The van der Waals surface area contributed by atoms with E-state index in [-0.39, 0.29) is 11.4 Å². The number of benzene rings is 1. The zero-order valence-electron chi connectivity index (χ0n) is 11.8. The molecular formula is C15H22N2O2. The van der Waals surface area contributed by atoms with Crippen molar-refractivity contribution in [2.24, 2.45) is 11.7 Å². The molecule has 0 atom stereocenters. The molecule has 0 unspecified atom stereocenters. The van der Waals surface area contributed by atoms with E-state index in [0.717, 1.165) is 5.75 Å². The minimum atomic E-state index is -0.221. The van der Waals surface area contributed by atoms with Gasteiger partial charge in [0.05, 0.1) is 12.1 Å². The van der Waals surface area contributed by atoms with Crippen LogP contribution in [0.3, 0.4) is 0 Å². The summed E-state index contributed by atoms with van der Waals surface area (Å²) < 4.78 is 5.36. The van der Waals surface area contributed by atoms with Crippen molar-refractivity contribution in [1.29, 1.82) is 0 Å². The molecule has 1 aromatic carbocycles. The summed E-state index contributed by atoms with van der Waals surface area (Å²) in [7, 11) is 0. The molecule has 1 fully saturated rings. The Labute approximate surface area is 114 Å². The Hall–Kier alpha value is -1.55. The number of ether oxygens (including phenoxy) is 1. The highest BCUT2D eigenvalue weighted by atomic mass is 16.5. The molecule has 1 saturated heterocycles. The van der Waals surface area contributed by atoms with Crippen LogP contribution >= 0.6 is 0 Å². The average molecular weight is 262 g/mol. The van der Waals surface area contributed by atoms with E-state index in [2.05, 4.69) is 13.8 Å². The van der Waals surface area contributed by atoms with E-state index in [1.807, 2.05) is 19.1 Å². The van der Waals surface area contributed by atoms with Crippen LogP contribution < -0.4 is 10.5 Å². The van der Waals surface area contributed by atoms with Gasteiger partial charge in [0.1, 0.15) is 5.75 Å². The number of nitrogens with two attached hydrogens (primary N) is 1. The number of hydrogen-bond donors (Lipinski definition) is 1. The molecule has 2 N–H and O–H groups in total. The van der Waals surface area contributed by atoms with Crippen LogP contribution in [0, 0.1) is 5.92 Å². The van der Waals surface area contributed by atoms with Crippen LogP contribution in [0.1, 0.15) is 31.1 Å². The maximum absolute atomic E-state index is 12.2. The van der Waals surface area contributed by atoms with Crippen molar-refractivity contribution in [1.82, 2.24) is 4.90 Å². The molecule has 19 heavy (non-hydrogen) atoms. The van der Waals surface area contributed by atoms with Crippen LogP contribution in [0.2, 0.25) is 0 Å². The van der Waals surface area contributed by atoms with E-state index in [1.165, 1.54) is 0 Å². The van der Waals surface area contributed by atoms with Crippen molar-refractivity contribution < 1.29 is 9.53 Å². The molecule has 0 bridgehead atoms. The third kappa shape index (κ3) is 2.73. The van der Waals surface area contributed by atoms with E-state index >= 15 is 0 Å². The van der Waals surface area contributed by atoms with Gasteiger partial charge in [-0.25, -0.2) is 0 Å². The molecule has 4 heteroatoms. The molecule has 0 saturated carbocycles. The molecular weight excluding hydrogens is 240 g/mol. The zero-order chi connectivity index (χ0) is 14.0. The van der Waals surface area contributed by atoms with Gasteiger partial charge in [0, 0.05) is 18.7 Å². The largest absolute Gasteiger partial charge is 0.494 e. The van der Waals surface area contributed by atoms with E-state index in [1.54, 1.807) is 17.0 Å². The van der Waals surface area contributed by atoms with Crippen molar-refractivity contribution in [3.05, 3.63) is 29.8 Å². The lowest BCUT2D eigenvalue weighted by molar-refractivity contribution is 0.0275. The van der Waals surface area contributed by atoms with E-state index < -0.39 is 0 Å². The monoisotopic (exact) mass is 262 g/mol. The number of hydrogen-bond acceptors (Lipinski definition) is 3. The molecule has 1 heterocycles. The van der Waals surface area contributed by atoms with Crippen LogP contribution in [0.25, 0.3) is 0 Å². The smallest absolute Gasteiger partial charge is 0.253 e. The van der Waals surface area contributed by atoms with Gasteiger partial charge >= 0.3 is 0 Å². The Morgan fingerprint density at radius 1 is 1.37 bits per heavy atom. The summed E-state index contributed by atoms with van der Waals surface area (Å²) in [6.45, 7) is 8.03. The number of nitrogens with zero attached hydrogens (tertiary/aromatic N) is 1. The first-order valence-corrected chi connectivity index (χ1v) is 6.77. The van der Waals surface area contributed by atoms with Gasteiger partial charge in [-0.3, -0.25) is 4.79 Å². The molecule has 0 aromatic heterocycles. The maximum Gasteiger partial charge on any atom is 0.253 e. The van der Waals surface area contributed by atoms with E-state index in [0.29, 0.717) is 31.2 Å². The van der Waals surface area contributed by atoms with Crippen molar-refractivity contribution in [2.75, 3.05) is 19.7 Å². The number of carbonyl (C=O) groups excluding carboxylic acids is 1. The molecule has 0 spiro atoms. The van der Waals surface area contributed by atoms with Gasteiger partial charge in [-0.15, -0.1) is 0 Å². The van der Waals surface area contributed by atoms with Crippen molar-refractivity contribution >= 4 is 5.91 Å². The Balaban J connectivity index is 1.98. The number of carbonyl (C=O) groups is 1. The number of amides is 1. The summed E-state index contributed by atoms with van der Waals surface area (Å²) in [5, 5.41) is 0. The lowest BCUT2D eigenvalue weighted by Gasteiger charge is -2.50. The maximum atomic E-state index is 12.2. The van der Waals surface area contributed by atoms with Crippen LogP contribution in [-0.4, -0.2) is 36.0 Å². The summed E-state index contributed by atoms with van der Waals surface area (Å²) in [6, 6.07) is 7.27. The lowest BCUT2D eigenvalue weighted by atomic mass is 9.80. The fraction of sp³-hybridized carbons (Fsp3) is 0.533. The first kappa shape index (κ1) is 13.9. The highest BCUT2D eigenvalue weighted by Crippen LogP contribution is 2.27. The molecule has 1 amide bonds. The first-order valence-electron chi connectivity index (χ1n) is 6.77. The van der Waals surface area contributed by atoms with Gasteiger partial charge in [0.15, 0.2) is 0 Å². The summed E-state index contributed by atoms with van der Waals surface area (Å²) in [6.07, 6.45) is 0. The van der Waals surface area contributed by atoms with E-state index in [4.69, 9.17) is 10.5 Å². The van der Waals surface area contributed by atoms with Gasteiger partial charge in [-0.2, -0.15) is 0 Å². The summed E-state index contributed by atoms with van der Waals surface area (Å²) in [5.41, 5.74) is 6.67. The Morgan fingerprint density at radius 3 is 2.42 bits per heavy atom. The van der Waals surface area contributed by atoms with Gasteiger partial charge in [0.2, 0.25) is 0 Å². The quantitative estimate of drug-likeness (QED) is 0.901. The molecule has 2 rings (SSSR count). The predicted molar refractivity (Wildman–Crippen MR) is 75.3 cm³/mol. The normalized spacial score (nSPS) is 17.2. The molecule has 4 nitrogen and oxygen atoms in total. The summed E-state index contributed by atoms with van der Waals surface area (Å²) >= 11 is 0. The SMILES string of the molecule is CCOc1ccc(C(=O)N2CC(N)(C(C)C)C2)cc1. The van der Waals surface area contributed by atoms with Crippen LogP contribution in [0.15, 0.2) is 24.3 Å². The lowest BCUT2D eigenvalue weighted by Crippen LogP contribution is -2.71. The van der Waals surface area contributed by atoms with Crippen molar-refractivity contribution in [3.8, 4) is 5.75 Å². The first-order chi connectivity index (χ1) is 8.96. The van der Waals surface area contributed by atoms with E-state index in [9.17, 15) is 4.79 Å². The van der Waals surface area contributed by atoms with Crippen LogP contribution in [0.4, 0.5) is 0 Å². The summed E-state index contributed by atoms with van der Waals surface area (Å²) in [4.78, 5) is 14.0. The van der Waals surface area contributed by atoms with Gasteiger partial charge in [-0.1, -0.05) is 13.8 Å². The second kappa shape index (κ2) is 5.21. The fourth-order valence-electron chi connectivity index (χ4n) is 2.22. The average Bonchev–Trinajstić information content (AvgIpc) is 2.35. The third-order valence-electron chi connectivity index (χ3n) is 3.82. The number of rotatable bonds is 4. The highest BCUT2D eigenvalue weighted by Gasteiger charge is 2.44. The fourth-order valence-corrected chi connectivity index (χ4v) is 2.22. The minimum absolute atomic E-state index is 0.0461. The number of likely N-dealkylation sites (tertiary alicyclic amines) is 1. The molecule has 1 aromatic rings. The van der Waals surface area contributed by atoms with Crippen LogP contribution in [-0.2, 0) is 0 Å². The highest BCUT2D eigenvalue weighted by molar-refractivity contribution is 5.95. The molecule has 0 radical (unpaired) electrons. The second-order valence-electron chi connectivity index (χ2n) is 5.51. The zero-order valence-corrected chi connectivity index (χ0v) is 11.8. The second-order valence-corrected chi connectivity index (χ2v) is 5.51. The third-order valence-corrected chi connectivity index (χ3v) is 3.82. The minimum Gasteiger partial charge on any atom is -0.494 e. The molecule has 0 aliphatic carbocycles. The standard InChI is InChI=1S/C15H22N2O2/c1-4-19-13-7-5-12(6-8-13)14(18)17-9-15(16,10-17)11(2)3/h5-8,11H,4,9-10,16H2,1-3H3. The van der Waals surface area contributed by atoms with Crippen molar-refractivity contribution in [3.63, 3.8) is 0 Å². The van der Waals surface area contributed by atoms with Crippen LogP contribution in [0.5, 0.6) is 5.75 Å². The Morgan fingerprint density at radius 2 is 1.95 bits per heavy atom. The molecule has 1 aliphatic heterocycles. The molecule has 1 aliphatic rings.